The van der Waals surface area contributed by atoms with Gasteiger partial charge in [-0.25, -0.2) is 13.6 Å². The van der Waals surface area contributed by atoms with Crippen molar-refractivity contribution in [3.63, 3.8) is 0 Å². The van der Waals surface area contributed by atoms with Crippen molar-refractivity contribution in [3.8, 4) is 16.9 Å². The van der Waals surface area contributed by atoms with Crippen LogP contribution in [0.4, 0.5) is 14.6 Å². The molecule has 2 aromatic carbocycles. The molecule has 12 heteroatoms. The van der Waals surface area contributed by atoms with Crippen LogP contribution in [-0.4, -0.2) is 101 Å². The number of nitrogens with zero attached hydrogens (tertiary/aromatic N) is 6. The Kier molecular flexibility index (Phi) is 7.61. The van der Waals surface area contributed by atoms with Crippen LogP contribution in [0.2, 0.25) is 5.02 Å². The number of piperazine rings is 2. The summed E-state index contributed by atoms with van der Waals surface area (Å²) in [6, 6.07) is 5.34. The predicted molar refractivity (Wildman–Crippen MR) is 170 cm³/mol. The molecule has 0 saturated carbocycles. The quantitative estimate of drug-likeness (QED) is 0.386. The zero-order valence-electron chi connectivity index (χ0n) is 25.7. The maximum atomic E-state index is 15.2. The van der Waals surface area contributed by atoms with E-state index in [0.29, 0.717) is 48.4 Å². The number of carbonyl (C=O) groups excluding carboxylic acids is 1. The lowest BCUT2D eigenvalue weighted by Gasteiger charge is -2.45. The van der Waals surface area contributed by atoms with Gasteiger partial charge in [-0.3, -0.25) is 19.2 Å². The van der Waals surface area contributed by atoms with Gasteiger partial charge in [0.25, 0.3) is 0 Å². The van der Waals surface area contributed by atoms with Crippen LogP contribution in [0.25, 0.3) is 22.0 Å². The van der Waals surface area contributed by atoms with Gasteiger partial charge in [0.1, 0.15) is 24.1 Å². The number of halogens is 3. The lowest BCUT2D eigenvalue weighted by Crippen LogP contribution is -2.58. The molecule has 0 spiro atoms. The molecule has 0 unspecified atom stereocenters. The largest absolute Gasteiger partial charge is 0.488 e. The van der Waals surface area contributed by atoms with E-state index in [4.69, 9.17) is 16.3 Å². The summed E-state index contributed by atoms with van der Waals surface area (Å²) in [5.41, 5.74) is 0.418. The number of benzene rings is 2. The van der Waals surface area contributed by atoms with Crippen molar-refractivity contribution in [1.82, 2.24) is 24.3 Å². The zero-order chi connectivity index (χ0) is 31.7. The average Bonchev–Trinajstić information content (AvgIpc) is 3.20. The first kappa shape index (κ1) is 30.1. The maximum Gasteiger partial charge on any atom is 0.350 e. The second kappa shape index (κ2) is 11.4. The van der Waals surface area contributed by atoms with Crippen LogP contribution in [0, 0.1) is 11.6 Å². The van der Waals surface area contributed by atoms with E-state index in [0.717, 1.165) is 32.0 Å². The van der Waals surface area contributed by atoms with Gasteiger partial charge in [0.2, 0.25) is 5.91 Å². The summed E-state index contributed by atoms with van der Waals surface area (Å²) in [6.07, 6.45) is 3.64. The molecule has 3 saturated heterocycles. The van der Waals surface area contributed by atoms with Gasteiger partial charge < -0.3 is 14.5 Å². The number of rotatable bonds is 5. The van der Waals surface area contributed by atoms with Gasteiger partial charge in [-0.05, 0) is 58.0 Å². The summed E-state index contributed by atoms with van der Waals surface area (Å²) in [6.45, 7) is 11.0. The third-order valence-electron chi connectivity index (χ3n) is 10.2. The van der Waals surface area contributed by atoms with Crippen LogP contribution in [0.5, 0.6) is 5.75 Å². The lowest BCUT2D eigenvalue weighted by molar-refractivity contribution is -0.128. The van der Waals surface area contributed by atoms with Gasteiger partial charge in [-0.1, -0.05) is 18.2 Å². The van der Waals surface area contributed by atoms with Crippen LogP contribution in [-0.2, 0) is 4.79 Å². The Labute approximate surface area is 265 Å². The number of amides is 1. The van der Waals surface area contributed by atoms with Crippen LogP contribution in [0.3, 0.4) is 0 Å². The molecule has 4 aliphatic rings. The molecular weight excluding hydrogens is 602 g/mol. The minimum absolute atomic E-state index is 0.0864. The highest BCUT2D eigenvalue weighted by molar-refractivity contribution is 6.35. The third-order valence-corrected chi connectivity index (χ3v) is 10.5. The normalized spacial score (nSPS) is 26.8. The third kappa shape index (κ3) is 4.99. The lowest BCUT2D eigenvalue weighted by atomic mass is 9.99. The van der Waals surface area contributed by atoms with Gasteiger partial charge in [-0.15, -0.1) is 0 Å². The summed E-state index contributed by atoms with van der Waals surface area (Å²) < 4.78 is 37.3. The number of carbonyl (C=O) groups is 1. The monoisotopic (exact) mass is 638 g/mol. The molecule has 9 nitrogen and oxygen atoms in total. The van der Waals surface area contributed by atoms with Crippen LogP contribution < -0.4 is 15.3 Å². The second-order valence-corrected chi connectivity index (χ2v) is 13.4. The van der Waals surface area contributed by atoms with Crippen molar-refractivity contribution >= 4 is 34.2 Å². The number of likely N-dealkylation sites (tertiary alicyclic amines) is 1. The molecule has 2 bridgehead atoms. The predicted octanol–water partition coefficient (Wildman–Crippen LogP) is 4.32. The average molecular weight is 639 g/mol. The molecule has 238 valence electrons. The number of aromatic nitrogens is 2. The van der Waals surface area contributed by atoms with Gasteiger partial charge >= 0.3 is 5.69 Å². The SMILES string of the molecule is C=CC(=O)N1C[C@H](C)N(c2nc(=O)n3c4c(c(-c5ccc(F)cc5F)c(Cl)cc24)OC[C@H]3CN2C[C@H]3CC[C@@H](C2)N3C)C[C@H]1C. The summed E-state index contributed by atoms with van der Waals surface area (Å²) in [5, 5.41) is 0.804. The molecule has 0 radical (unpaired) electrons. The fourth-order valence-electron chi connectivity index (χ4n) is 7.85. The number of hydrogen-bond donors (Lipinski definition) is 0. The molecule has 3 fully saturated rings. The molecule has 0 aliphatic carbocycles. The van der Waals surface area contributed by atoms with Crippen molar-refractivity contribution < 1.29 is 18.3 Å². The smallest absolute Gasteiger partial charge is 0.350 e. The molecule has 4 aliphatic heterocycles. The fraction of sp³-hybridized carbons (Fsp3) is 0.485. The number of hydrogen-bond acceptors (Lipinski definition) is 7. The fourth-order valence-corrected chi connectivity index (χ4v) is 8.15. The summed E-state index contributed by atoms with van der Waals surface area (Å²) in [5.74, 6) is -0.919. The van der Waals surface area contributed by atoms with Crippen molar-refractivity contribution in [1.29, 1.82) is 0 Å². The molecular formula is C33H37ClF2N6O3. The summed E-state index contributed by atoms with van der Waals surface area (Å²) in [4.78, 5) is 40.0. The Morgan fingerprint density at radius 2 is 1.84 bits per heavy atom. The van der Waals surface area contributed by atoms with E-state index < -0.39 is 17.3 Å². The Morgan fingerprint density at radius 3 is 2.53 bits per heavy atom. The Bertz CT molecular complexity index is 1750. The van der Waals surface area contributed by atoms with Crippen molar-refractivity contribution in [2.75, 3.05) is 51.3 Å². The molecule has 5 atom stereocenters. The van der Waals surface area contributed by atoms with Crippen molar-refractivity contribution in [3.05, 3.63) is 64.1 Å². The van der Waals surface area contributed by atoms with Gasteiger partial charge in [-0.2, -0.15) is 4.98 Å². The van der Waals surface area contributed by atoms with Crippen LogP contribution in [0.1, 0.15) is 32.7 Å². The molecule has 7 rings (SSSR count). The molecule has 0 N–H and O–H groups in total. The van der Waals surface area contributed by atoms with E-state index in [1.165, 1.54) is 18.2 Å². The first-order valence-corrected chi connectivity index (χ1v) is 15.9. The van der Waals surface area contributed by atoms with E-state index in [1.54, 1.807) is 15.5 Å². The van der Waals surface area contributed by atoms with E-state index >= 15 is 4.39 Å². The van der Waals surface area contributed by atoms with Gasteiger partial charge in [0.05, 0.1) is 16.6 Å². The first-order valence-electron chi connectivity index (χ1n) is 15.6. The minimum atomic E-state index is -0.778. The number of likely N-dealkylation sites (N-methyl/N-ethyl adjacent to an activating group) is 1. The number of fused-ring (bicyclic) bond motifs is 2. The van der Waals surface area contributed by atoms with Gasteiger partial charge in [0, 0.05) is 79.5 Å². The highest BCUT2D eigenvalue weighted by Gasteiger charge is 2.40. The van der Waals surface area contributed by atoms with Crippen LogP contribution in [0.15, 0.2) is 41.7 Å². The van der Waals surface area contributed by atoms with Crippen molar-refractivity contribution in [2.45, 2.75) is 56.9 Å². The highest BCUT2D eigenvalue weighted by Crippen LogP contribution is 2.47. The van der Waals surface area contributed by atoms with Crippen molar-refractivity contribution in [2.24, 2.45) is 0 Å². The topological polar surface area (TPSA) is 74.1 Å². The summed E-state index contributed by atoms with van der Waals surface area (Å²) in [7, 11) is 2.19. The molecule has 1 aromatic heterocycles. The molecule has 3 aromatic rings. The summed E-state index contributed by atoms with van der Waals surface area (Å²) >= 11 is 6.90. The van der Waals surface area contributed by atoms with E-state index in [9.17, 15) is 14.0 Å². The maximum absolute atomic E-state index is 15.2. The minimum Gasteiger partial charge on any atom is -0.488 e. The Morgan fingerprint density at radius 1 is 1.11 bits per heavy atom. The molecule has 1 amide bonds. The Balaban J connectivity index is 1.38. The first-order chi connectivity index (χ1) is 21.5. The molecule has 45 heavy (non-hydrogen) atoms. The van der Waals surface area contributed by atoms with E-state index in [-0.39, 0.29) is 52.5 Å². The zero-order valence-corrected chi connectivity index (χ0v) is 26.4. The van der Waals surface area contributed by atoms with Gasteiger partial charge in [0.15, 0.2) is 5.75 Å². The standard InChI is InChI=1S/C33H37ClF2N6O3/c1-5-28(43)40-12-19(3)41(13-18(40)2)32-25-11-26(34)29(24-9-6-20(35)10-27(24)36)31-30(25)42(33(44)37-32)23(17-45-31)16-39-14-21-7-8-22(15-39)38(21)4/h5-6,9-11,18-19,21-23H,1,7-8,12-17H2,2-4H3/t18-,19+,21-,22+,23-/m1/s1. The number of anilines is 1. The van der Waals surface area contributed by atoms with E-state index in [2.05, 4.69) is 28.4 Å². The molecule has 5 heterocycles. The van der Waals surface area contributed by atoms with E-state index in [1.807, 2.05) is 18.7 Å². The van der Waals surface area contributed by atoms with Crippen LogP contribution >= 0.6 is 11.6 Å². The Hall–Kier alpha value is -3.54. The second-order valence-electron chi connectivity index (χ2n) is 12.9. The number of ether oxygens (including phenoxy) is 1. The highest BCUT2D eigenvalue weighted by atomic mass is 35.5.